The first kappa shape index (κ1) is 25.7. The molecule has 5 aromatic rings. The number of imide groups is 1. The third kappa shape index (κ3) is 3.64. The summed E-state index contributed by atoms with van der Waals surface area (Å²) >= 11 is 0. The van der Waals surface area contributed by atoms with Gasteiger partial charge in [0.2, 0.25) is 0 Å². The average molecular weight is 576 g/mol. The Balaban J connectivity index is 1.21. The van der Waals surface area contributed by atoms with Crippen LogP contribution >= 0.6 is 0 Å². The zero-order chi connectivity index (χ0) is 30.1. The molecule has 0 radical (unpaired) electrons. The molecule has 2 amide bonds. The summed E-state index contributed by atoms with van der Waals surface area (Å²) in [6.07, 6.45) is 7.02. The van der Waals surface area contributed by atoms with Crippen molar-refractivity contribution in [3.63, 3.8) is 0 Å². The molecular weight excluding hydrogens is 554 g/mol. The van der Waals surface area contributed by atoms with Crippen LogP contribution in [0.2, 0.25) is 0 Å². The molecule has 1 aliphatic heterocycles. The summed E-state index contributed by atoms with van der Waals surface area (Å²) < 4.78 is 1.29. The van der Waals surface area contributed by atoms with E-state index in [1.165, 1.54) is 16.7 Å². The van der Waals surface area contributed by atoms with E-state index >= 15 is 0 Å². The minimum atomic E-state index is -1.42. The Morgan fingerprint density at radius 3 is 1.93 bits per heavy atom. The van der Waals surface area contributed by atoms with Crippen molar-refractivity contribution < 1.29 is 19.2 Å². The number of carbonyl (C=O) groups excluding carboxylic acids is 4. The van der Waals surface area contributed by atoms with Crippen LogP contribution in [0, 0.1) is 0 Å². The van der Waals surface area contributed by atoms with Gasteiger partial charge in [-0.15, -0.1) is 0 Å². The second kappa shape index (κ2) is 9.50. The molecule has 8 nitrogen and oxygen atoms in total. The maximum atomic E-state index is 13.9. The molecule has 210 valence electrons. The molecule has 2 aliphatic carbocycles. The molecule has 2 heterocycles. The Morgan fingerprint density at radius 1 is 0.659 bits per heavy atom. The number of ketones is 2. The summed E-state index contributed by atoms with van der Waals surface area (Å²) in [7, 11) is 0. The molecular formula is C36H21N3O5. The molecule has 8 heteroatoms. The van der Waals surface area contributed by atoms with Gasteiger partial charge in [-0.3, -0.25) is 28.5 Å². The van der Waals surface area contributed by atoms with Crippen LogP contribution in [0.4, 0.5) is 5.69 Å². The third-order valence-electron chi connectivity index (χ3n) is 8.38. The standard InChI is InChI=1S/C36H21N3O5/c40-31-25-18-27-28(36(44)39(35(27)43)23-16-14-21(15-17-23)20-8-4-5-9-20)19-26(25)32(41)30(31)33-37-29-13-7-6-12-24(29)34(42)38(33)22-10-2-1-3-11-22/h1-4,6-19,30H,5H2. The number of para-hydroxylation sites is 2. The van der Waals surface area contributed by atoms with Crippen LogP contribution in [0.1, 0.15) is 65.2 Å². The lowest BCUT2D eigenvalue weighted by atomic mass is 10.0. The number of benzene rings is 4. The van der Waals surface area contributed by atoms with Crippen molar-refractivity contribution in [2.45, 2.75) is 12.3 Å². The van der Waals surface area contributed by atoms with E-state index < -0.39 is 34.9 Å². The van der Waals surface area contributed by atoms with Gasteiger partial charge in [0.25, 0.3) is 17.4 Å². The van der Waals surface area contributed by atoms with Gasteiger partial charge in [0.15, 0.2) is 11.6 Å². The summed E-state index contributed by atoms with van der Waals surface area (Å²) in [5.41, 5.74) is 2.98. The van der Waals surface area contributed by atoms with Crippen molar-refractivity contribution in [1.82, 2.24) is 9.55 Å². The van der Waals surface area contributed by atoms with Gasteiger partial charge in [0.1, 0.15) is 11.7 Å². The number of nitrogens with zero attached hydrogens (tertiary/aromatic N) is 3. The number of fused-ring (bicyclic) bond motifs is 3. The lowest BCUT2D eigenvalue weighted by molar-refractivity contribution is 0.0881. The number of rotatable bonds is 4. The Hall–Kier alpha value is -6.02. The average Bonchev–Trinajstić information content (AvgIpc) is 3.74. The highest BCUT2D eigenvalue weighted by atomic mass is 16.2. The second-order valence-electron chi connectivity index (χ2n) is 10.9. The maximum absolute atomic E-state index is 13.9. The van der Waals surface area contributed by atoms with Gasteiger partial charge < -0.3 is 0 Å². The topological polar surface area (TPSA) is 106 Å². The summed E-state index contributed by atoms with van der Waals surface area (Å²) in [6, 6.07) is 25.2. The van der Waals surface area contributed by atoms with Crippen molar-refractivity contribution >= 4 is 45.5 Å². The van der Waals surface area contributed by atoms with E-state index in [4.69, 9.17) is 0 Å². The number of anilines is 1. The van der Waals surface area contributed by atoms with Crippen molar-refractivity contribution in [2.24, 2.45) is 0 Å². The van der Waals surface area contributed by atoms with Crippen LogP contribution in [-0.2, 0) is 0 Å². The molecule has 0 N–H and O–H groups in total. The smallest absolute Gasteiger partial charge is 0.266 e. The van der Waals surface area contributed by atoms with E-state index in [0.29, 0.717) is 22.3 Å². The third-order valence-corrected chi connectivity index (χ3v) is 8.38. The number of allylic oxidation sites excluding steroid dienone is 4. The Morgan fingerprint density at radius 2 is 1.30 bits per heavy atom. The quantitative estimate of drug-likeness (QED) is 0.201. The molecule has 0 spiro atoms. The van der Waals surface area contributed by atoms with Crippen molar-refractivity contribution in [3.8, 4) is 5.69 Å². The van der Waals surface area contributed by atoms with Gasteiger partial charge in [-0.25, -0.2) is 9.88 Å². The van der Waals surface area contributed by atoms with Gasteiger partial charge in [0.05, 0.1) is 33.4 Å². The van der Waals surface area contributed by atoms with Gasteiger partial charge in [-0.1, -0.05) is 60.7 Å². The van der Waals surface area contributed by atoms with E-state index in [2.05, 4.69) is 17.1 Å². The van der Waals surface area contributed by atoms with Crippen LogP contribution in [-0.4, -0.2) is 32.9 Å². The van der Waals surface area contributed by atoms with Crippen molar-refractivity contribution in [3.05, 3.63) is 153 Å². The first-order valence-electron chi connectivity index (χ1n) is 14.1. The molecule has 0 saturated heterocycles. The number of aromatic nitrogens is 2. The number of hydrogen-bond donors (Lipinski definition) is 0. The van der Waals surface area contributed by atoms with E-state index in [-0.39, 0.29) is 28.1 Å². The molecule has 1 aromatic heterocycles. The molecule has 4 aromatic carbocycles. The van der Waals surface area contributed by atoms with E-state index in [9.17, 15) is 24.0 Å². The molecule has 44 heavy (non-hydrogen) atoms. The van der Waals surface area contributed by atoms with Crippen molar-refractivity contribution in [1.29, 1.82) is 0 Å². The monoisotopic (exact) mass is 575 g/mol. The van der Waals surface area contributed by atoms with Crippen LogP contribution in [0.25, 0.3) is 22.2 Å². The highest BCUT2D eigenvalue weighted by Gasteiger charge is 2.46. The fourth-order valence-electron chi connectivity index (χ4n) is 6.24. The lowest BCUT2D eigenvalue weighted by Gasteiger charge is -2.16. The maximum Gasteiger partial charge on any atom is 0.266 e. The zero-order valence-corrected chi connectivity index (χ0v) is 23.1. The molecule has 3 aliphatic rings. The zero-order valence-electron chi connectivity index (χ0n) is 23.1. The number of carbonyl (C=O) groups is 4. The fraction of sp³-hybridized carbons (Fsp3) is 0.0556. The minimum Gasteiger partial charge on any atom is -0.293 e. The van der Waals surface area contributed by atoms with Gasteiger partial charge in [0, 0.05) is 11.1 Å². The lowest BCUT2D eigenvalue weighted by Crippen LogP contribution is -2.29. The largest absolute Gasteiger partial charge is 0.293 e. The van der Waals surface area contributed by atoms with Crippen LogP contribution in [0.5, 0.6) is 0 Å². The highest BCUT2D eigenvalue weighted by Crippen LogP contribution is 2.39. The minimum absolute atomic E-state index is 0.0159. The summed E-state index contributed by atoms with van der Waals surface area (Å²) in [6.45, 7) is 0. The summed E-state index contributed by atoms with van der Waals surface area (Å²) in [4.78, 5) is 74.4. The fourth-order valence-corrected chi connectivity index (χ4v) is 6.24. The first-order chi connectivity index (χ1) is 21.4. The summed E-state index contributed by atoms with van der Waals surface area (Å²) in [5.74, 6) is -3.75. The number of Topliss-reactive ketones (excluding diaryl/α,β-unsaturated/α-hetero) is 2. The van der Waals surface area contributed by atoms with Crippen LogP contribution in [0.3, 0.4) is 0 Å². The van der Waals surface area contributed by atoms with Crippen molar-refractivity contribution in [2.75, 3.05) is 4.90 Å². The molecule has 0 unspecified atom stereocenters. The van der Waals surface area contributed by atoms with Crippen LogP contribution < -0.4 is 10.5 Å². The van der Waals surface area contributed by atoms with Gasteiger partial charge in [-0.05, 0) is 66.1 Å². The van der Waals surface area contributed by atoms with E-state index in [0.717, 1.165) is 22.5 Å². The molecule has 0 saturated carbocycles. The summed E-state index contributed by atoms with van der Waals surface area (Å²) in [5, 5.41) is 0.343. The van der Waals surface area contributed by atoms with E-state index in [1.54, 1.807) is 66.7 Å². The number of hydrogen-bond acceptors (Lipinski definition) is 6. The molecule has 0 bridgehead atoms. The molecule has 0 fully saturated rings. The SMILES string of the molecule is O=C1c2cc3c(cc2C(=O)C1c1nc2ccccc2c(=O)n1-c1ccccc1)C(=O)N(c1ccc(C2=CCC=C2)cc1)C3=O. The predicted octanol–water partition coefficient (Wildman–Crippen LogP) is 5.69. The first-order valence-corrected chi connectivity index (χ1v) is 14.1. The van der Waals surface area contributed by atoms with Crippen LogP contribution in [0.15, 0.2) is 114 Å². The molecule has 0 atom stereocenters. The Bertz CT molecular complexity index is 2190. The Labute approximate surface area is 250 Å². The predicted molar refractivity (Wildman–Crippen MR) is 164 cm³/mol. The van der Waals surface area contributed by atoms with Gasteiger partial charge in [-0.2, -0.15) is 0 Å². The number of amides is 2. The highest BCUT2D eigenvalue weighted by molar-refractivity contribution is 6.37. The normalized spacial score (nSPS) is 15.8. The second-order valence-corrected chi connectivity index (χ2v) is 10.9. The Kier molecular flexibility index (Phi) is 5.54. The van der Waals surface area contributed by atoms with Gasteiger partial charge >= 0.3 is 0 Å². The van der Waals surface area contributed by atoms with E-state index in [1.807, 2.05) is 18.2 Å². The molecule has 8 rings (SSSR count).